The molecule has 4 rings (SSSR count). The van der Waals surface area contributed by atoms with Crippen LogP contribution in [0.1, 0.15) is 19.3 Å². The molecule has 0 bridgehead atoms. The molecular formula is C24H19Br2Cl4F9N4S8. The van der Waals surface area contributed by atoms with Crippen molar-refractivity contribution in [3.05, 3.63) is 60.1 Å². The average Bonchev–Trinajstić information content (AvgIpc) is 3.84. The zero-order valence-electron chi connectivity index (χ0n) is 24.5. The third-order valence-corrected chi connectivity index (χ3v) is 14.7. The van der Waals surface area contributed by atoms with Gasteiger partial charge in [0.1, 0.15) is 13.0 Å². The van der Waals surface area contributed by atoms with E-state index in [2.05, 4.69) is 19.9 Å². The summed E-state index contributed by atoms with van der Waals surface area (Å²) in [5, 5.41) is -2.48. The van der Waals surface area contributed by atoms with Gasteiger partial charge in [0.15, 0.2) is 18.5 Å². The molecule has 0 spiro atoms. The van der Waals surface area contributed by atoms with Crippen LogP contribution < -0.4 is 0 Å². The van der Waals surface area contributed by atoms with E-state index in [4.69, 9.17) is 58.6 Å². The summed E-state index contributed by atoms with van der Waals surface area (Å²) in [6.45, 7) is 0. The van der Waals surface area contributed by atoms with E-state index < -0.39 is 44.7 Å². The van der Waals surface area contributed by atoms with Crippen LogP contribution in [0.2, 0.25) is 8.67 Å². The lowest BCUT2D eigenvalue weighted by molar-refractivity contribution is -0.00623. The number of alkyl halides is 10. The van der Waals surface area contributed by atoms with Crippen LogP contribution in [0.3, 0.4) is 0 Å². The van der Waals surface area contributed by atoms with Gasteiger partial charge in [-0.3, -0.25) is 0 Å². The first kappa shape index (κ1) is 50.0. The number of H-pyrrole nitrogens is 1. The minimum atomic E-state index is -3.75. The van der Waals surface area contributed by atoms with Gasteiger partial charge in [-0.2, -0.15) is 26.3 Å². The Labute approximate surface area is 356 Å². The molecule has 0 aliphatic rings. The zero-order valence-corrected chi connectivity index (χ0v) is 37.2. The van der Waals surface area contributed by atoms with Gasteiger partial charge in [-0.25, -0.2) is 28.1 Å². The lowest BCUT2D eigenvalue weighted by Crippen LogP contribution is -2.34. The van der Waals surface area contributed by atoms with E-state index in [1.165, 1.54) is 81.3 Å². The second-order valence-corrected chi connectivity index (χ2v) is 21.4. The van der Waals surface area contributed by atoms with E-state index in [0.29, 0.717) is 21.7 Å². The molecule has 0 aromatic carbocycles. The fourth-order valence-corrected chi connectivity index (χ4v) is 9.79. The molecule has 2 atom stereocenters. The maximum absolute atomic E-state index is 13.2. The summed E-state index contributed by atoms with van der Waals surface area (Å²) in [6, 6.07) is 0. The highest BCUT2D eigenvalue weighted by Gasteiger charge is 2.52. The molecule has 51 heavy (non-hydrogen) atoms. The number of rotatable bonds is 14. The van der Waals surface area contributed by atoms with Gasteiger partial charge in [-0.05, 0) is 44.1 Å². The number of allylic oxidation sites excluding steroid dienone is 1. The van der Waals surface area contributed by atoms with Crippen molar-refractivity contribution in [3.63, 3.8) is 0 Å². The Morgan fingerprint density at radius 3 is 1.53 bits per heavy atom. The summed E-state index contributed by atoms with van der Waals surface area (Å²) in [7, 11) is 0. The Bertz CT molecular complexity index is 1610. The van der Waals surface area contributed by atoms with Crippen LogP contribution in [-0.4, -0.2) is 57.1 Å². The molecule has 2 unspecified atom stereocenters. The van der Waals surface area contributed by atoms with Gasteiger partial charge in [-0.1, -0.05) is 104 Å². The molecule has 288 valence electrons. The second-order valence-electron chi connectivity index (χ2n) is 8.38. The van der Waals surface area contributed by atoms with Crippen molar-refractivity contribution < 1.29 is 39.5 Å². The van der Waals surface area contributed by atoms with E-state index in [1.807, 2.05) is 43.4 Å². The number of hydrogen-bond donors (Lipinski definition) is 1. The Kier molecular flexibility index (Phi) is 24.1. The number of nitrogens with one attached hydrogen (secondary N) is 1. The molecule has 27 heteroatoms. The first-order valence-electron chi connectivity index (χ1n) is 12.8. The molecule has 4 aromatic heterocycles. The van der Waals surface area contributed by atoms with Gasteiger partial charge in [0.25, 0.3) is 10.3 Å². The Morgan fingerprint density at radius 1 is 0.745 bits per heavy atom. The number of halogens is 15. The molecule has 0 saturated heterocycles. The number of thioether (sulfide) groups is 3. The third-order valence-electron chi connectivity index (χ3n) is 4.63. The maximum atomic E-state index is 13.2. The van der Waals surface area contributed by atoms with Crippen molar-refractivity contribution in [1.82, 2.24) is 19.9 Å². The van der Waals surface area contributed by atoms with Crippen LogP contribution in [-0.2, 0) is 0 Å². The van der Waals surface area contributed by atoms with E-state index in [1.54, 1.807) is 11.6 Å². The maximum Gasteiger partial charge on any atom is 0.348 e. The minimum Gasteiger partial charge on any atom is -0.344 e. The van der Waals surface area contributed by atoms with Crippen LogP contribution >= 0.6 is 171 Å². The number of aromatic amines is 1. The summed E-state index contributed by atoms with van der Waals surface area (Å²) >= 11 is 38.7. The normalized spacial score (nSPS) is 13.7. The minimum absolute atomic E-state index is 0.0883. The predicted molar refractivity (Wildman–Crippen MR) is 209 cm³/mol. The molecule has 4 nitrogen and oxygen atoms in total. The van der Waals surface area contributed by atoms with Crippen LogP contribution in [0.4, 0.5) is 39.5 Å². The lowest BCUT2D eigenvalue weighted by Gasteiger charge is -2.22. The smallest absolute Gasteiger partial charge is 0.344 e. The molecule has 1 N–H and O–H groups in total. The van der Waals surface area contributed by atoms with E-state index in [0.717, 1.165) is 15.7 Å². The Balaban J connectivity index is 0.000000353. The SMILES string of the molecule is FC(F)(Br)C(F)(Cl)CCSc1ncc(Cl)s1.FC(F)(Br)C(F)(Cl)CCSc1nccs1.FC(F)=C(F)CCSc1ncc(Cl)s1.S=c1[nH]ccs1. The van der Waals surface area contributed by atoms with Crippen molar-refractivity contribution in [2.45, 2.75) is 52.2 Å². The highest BCUT2D eigenvalue weighted by molar-refractivity contribution is 9.10. The molecule has 0 aliphatic heterocycles. The lowest BCUT2D eigenvalue weighted by atomic mass is 10.3. The van der Waals surface area contributed by atoms with Gasteiger partial charge < -0.3 is 4.98 Å². The van der Waals surface area contributed by atoms with E-state index in [9.17, 15) is 39.5 Å². The van der Waals surface area contributed by atoms with Crippen molar-refractivity contribution in [2.75, 3.05) is 17.3 Å². The zero-order chi connectivity index (χ0) is 38.9. The molecule has 4 heterocycles. The highest BCUT2D eigenvalue weighted by Crippen LogP contribution is 2.45. The Morgan fingerprint density at radius 2 is 1.22 bits per heavy atom. The Hall–Kier alpha value is 1.02. The molecule has 0 saturated carbocycles. The molecule has 0 fully saturated rings. The van der Waals surface area contributed by atoms with Gasteiger partial charge in [-0.15, -0.1) is 22.7 Å². The molecule has 0 radical (unpaired) electrons. The van der Waals surface area contributed by atoms with Crippen molar-refractivity contribution in [2.24, 2.45) is 0 Å². The molecule has 4 aromatic rings. The average molecular weight is 1090 g/mol. The number of nitrogens with zero attached hydrogens (tertiary/aromatic N) is 3. The largest absolute Gasteiger partial charge is 0.348 e. The van der Waals surface area contributed by atoms with Crippen LogP contribution in [0.25, 0.3) is 0 Å². The highest BCUT2D eigenvalue weighted by atomic mass is 79.9. The molecule has 0 aliphatic carbocycles. The van der Waals surface area contributed by atoms with E-state index in [-0.39, 0.29) is 23.7 Å². The first-order valence-corrected chi connectivity index (χ1v) is 22.6. The third kappa shape index (κ3) is 21.8. The van der Waals surface area contributed by atoms with Crippen LogP contribution in [0.15, 0.2) is 60.5 Å². The van der Waals surface area contributed by atoms with Crippen molar-refractivity contribution >= 4 is 171 Å². The summed E-state index contributed by atoms with van der Waals surface area (Å²) in [6.07, 6.45) is 2.83. The fraction of sp³-hybridized carbons (Fsp3) is 0.417. The van der Waals surface area contributed by atoms with Crippen LogP contribution in [0, 0.1) is 3.95 Å². The molecular weight excluding hydrogens is 1070 g/mol. The van der Waals surface area contributed by atoms with Gasteiger partial charge >= 0.3 is 15.7 Å². The molecule has 0 amide bonds. The second kappa shape index (κ2) is 24.6. The van der Waals surface area contributed by atoms with Crippen molar-refractivity contribution in [3.8, 4) is 0 Å². The monoisotopic (exact) mass is 1090 g/mol. The predicted octanol–water partition coefficient (Wildman–Crippen LogP) is 15.9. The summed E-state index contributed by atoms with van der Waals surface area (Å²) in [4.78, 5) is 7.05. The van der Waals surface area contributed by atoms with E-state index >= 15 is 0 Å². The quantitative estimate of drug-likeness (QED) is 0.0584. The summed E-state index contributed by atoms with van der Waals surface area (Å²) < 4.78 is 116. The van der Waals surface area contributed by atoms with Crippen LogP contribution in [0.5, 0.6) is 0 Å². The van der Waals surface area contributed by atoms with Gasteiger partial charge in [0.2, 0.25) is 0 Å². The topological polar surface area (TPSA) is 54.5 Å². The standard InChI is InChI=1S/C7H5BrCl2F3NS2.C7H6BrClF3NS2.C7H5ClF3NS2.C3H3NS2/c8-7(12,13)6(10,11)1-2-15-5-14-3-4(9)16-5;8-7(11,12)6(9,10)1-3-14-5-13-2-4-15-5;8-5-3-12-7(14-5)13-2-1-4(9)6(10)11;5-3-4-1-2-6-3/h3H,1-2H2;2,4H,1,3H2;3H,1-2H2;1-2H,(H,4,5). The first-order chi connectivity index (χ1) is 23.5. The number of thiazole rings is 4. The number of aromatic nitrogens is 4. The van der Waals surface area contributed by atoms with Gasteiger partial charge in [0.05, 0.1) is 12.4 Å². The summed E-state index contributed by atoms with van der Waals surface area (Å²) in [5.41, 5.74) is 0. The van der Waals surface area contributed by atoms with Crippen molar-refractivity contribution in [1.29, 1.82) is 0 Å². The summed E-state index contributed by atoms with van der Waals surface area (Å²) in [5.74, 6) is -0.896. The van der Waals surface area contributed by atoms with Gasteiger partial charge in [0, 0.05) is 59.7 Å². The number of hydrogen-bond acceptors (Lipinski definition) is 11. The fourth-order valence-electron chi connectivity index (χ4n) is 2.27.